The summed E-state index contributed by atoms with van der Waals surface area (Å²) in [6.07, 6.45) is 1.21. The zero-order valence-electron chi connectivity index (χ0n) is 29.3. The molecule has 1 saturated heterocycles. The number of fused-ring (bicyclic) bond motifs is 2. The van der Waals surface area contributed by atoms with Crippen molar-refractivity contribution in [3.63, 3.8) is 0 Å². The summed E-state index contributed by atoms with van der Waals surface area (Å²) in [5.41, 5.74) is 4.52. The summed E-state index contributed by atoms with van der Waals surface area (Å²) in [5.74, 6) is 2.09. The highest BCUT2D eigenvalue weighted by Gasteiger charge is 2.26. The number of phenols is 2. The number of benzene rings is 4. The van der Waals surface area contributed by atoms with Gasteiger partial charge in [0.2, 0.25) is 0 Å². The number of para-hydroxylation sites is 2. The summed E-state index contributed by atoms with van der Waals surface area (Å²) in [4.78, 5) is 32.7. The number of anilines is 1. The first-order valence-electron chi connectivity index (χ1n) is 16.9. The van der Waals surface area contributed by atoms with Gasteiger partial charge in [0.1, 0.15) is 28.1 Å². The third-order valence-corrected chi connectivity index (χ3v) is 8.73. The van der Waals surface area contributed by atoms with Crippen molar-refractivity contribution in [1.29, 1.82) is 0 Å². The SMILES string of the molecule is Cc1ccc2c(Cl)nc(-c3ccccc3O)nc2c1.Cc1ccc2c(N3CCC(NC(=O)OC(C)(C)C)CC3)nc(-c3ccccc3O)nc2c1. The molecule has 1 aliphatic rings. The zero-order valence-corrected chi connectivity index (χ0v) is 30.1. The Balaban J connectivity index is 0.000000200. The normalized spacial score (nSPS) is 13.5. The first kappa shape index (κ1) is 35.3. The molecular weight excluding hydrogens is 664 g/mol. The van der Waals surface area contributed by atoms with E-state index in [9.17, 15) is 15.0 Å². The average molecular weight is 705 g/mol. The molecule has 1 fully saturated rings. The molecule has 51 heavy (non-hydrogen) atoms. The maximum Gasteiger partial charge on any atom is 0.407 e. The number of ether oxygens (including phenoxy) is 1. The van der Waals surface area contributed by atoms with E-state index in [0.29, 0.717) is 27.9 Å². The number of carbonyl (C=O) groups excluding carboxylic acids is 1. The van der Waals surface area contributed by atoms with Crippen LogP contribution in [-0.2, 0) is 4.74 Å². The predicted molar refractivity (Wildman–Crippen MR) is 202 cm³/mol. The Morgan fingerprint density at radius 2 is 1.27 bits per heavy atom. The van der Waals surface area contributed by atoms with Gasteiger partial charge < -0.3 is 25.2 Å². The van der Waals surface area contributed by atoms with Gasteiger partial charge in [-0.3, -0.25) is 0 Å². The highest BCUT2D eigenvalue weighted by molar-refractivity contribution is 6.34. The zero-order chi connectivity index (χ0) is 36.3. The molecule has 3 N–H and O–H groups in total. The average Bonchev–Trinajstić information content (AvgIpc) is 3.07. The molecule has 6 aromatic rings. The number of aromatic nitrogens is 4. The number of aryl methyl sites for hydroxylation is 2. The van der Waals surface area contributed by atoms with Crippen molar-refractivity contribution in [2.45, 2.75) is 59.1 Å². The van der Waals surface area contributed by atoms with Crippen LogP contribution in [0.1, 0.15) is 44.7 Å². The minimum Gasteiger partial charge on any atom is -0.507 e. The number of amides is 1. The van der Waals surface area contributed by atoms with Gasteiger partial charge in [-0.05, 0) is 107 Å². The maximum absolute atomic E-state index is 12.1. The van der Waals surface area contributed by atoms with Crippen molar-refractivity contribution < 1.29 is 19.7 Å². The summed E-state index contributed by atoms with van der Waals surface area (Å²) in [7, 11) is 0. The Morgan fingerprint density at radius 3 is 1.82 bits per heavy atom. The summed E-state index contributed by atoms with van der Waals surface area (Å²) in [6.45, 7) is 11.1. The molecule has 11 heteroatoms. The number of hydrogen-bond donors (Lipinski definition) is 3. The molecule has 4 aromatic carbocycles. The monoisotopic (exact) mass is 704 g/mol. The van der Waals surface area contributed by atoms with Crippen molar-refractivity contribution in [2.24, 2.45) is 0 Å². The number of piperidine rings is 1. The van der Waals surface area contributed by atoms with Crippen LogP contribution in [0.2, 0.25) is 5.15 Å². The Morgan fingerprint density at radius 1 is 0.765 bits per heavy atom. The van der Waals surface area contributed by atoms with E-state index in [1.54, 1.807) is 30.3 Å². The first-order chi connectivity index (χ1) is 24.3. The lowest BCUT2D eigenvalue weighted by Crippen LogP contribution is -2.46. The van der Waals surface area contributed by atoms with Gasteiger partial charge >= 0.3 is 6.09 Å². The van der Waals surface area contributed by atoms with E-state index >= 15 is 0 Å². The Labute approximate surface area is 302 Å². The number of nitrogens with zero attached hydrogens (tertiary/aromatic N) is 5. The number of hydrogen-bond acceptors (Lipinski definition) is 9. The van der Waals surface area contributed by atoms with Crippen LogP contribution in [0, 0.1) is 13.8 Å². The number of nitrogens with one attached hydrogen (secondary N) is 1. The molecule has 0 spiro atoms. The molecule has 262 valence electrons. The molecular formula is C40H41ClN6O4. The van der Waals surface area contributed by atoms with E-state index in [0.717, 1.165) is 64.7 Å². The van der Waals surface area contributed by atoms with E-state index in [-0.39, 0.29) is 23.6 Å². The van der Waals surface area contributed by atoms with Crippen molar-refractivity contribution in [3.05, 3.63) is 101 Å². The van der Waals surface area contributed by atoms with Crippen LogP contribution >= 0.6 is 11.6 Å². The molecule has 0 atom stereocenters. The van der Waals surface area contributed by atoms with E-state index in [1.807, 2.05) is 77.1 Å². The minimum absolute atomic E-state index is 0.0640. The Kier molecular flexibility index (Phi) is 10.2. The standard InChI is InChI=1S/C25H30N4O3.C15H11ClN2O/c1-16-9-10-18-20(15-16)27-22(19-7-5-6-8-21(19)30)28-23(18)29-13-11-17(12-14-29)26-24(31)32-25(2,3)4;1-9-6-7-10-12(8-9)17-15(18-14(10)16)11-4-2-3-5-13(11)19/h5-10,15,17,30H,11-14H2,1-4H3,(H,26,31);2-8,19H,1H3. The number of carbonyl (C=O) groups is 1. The van der Waals surface area contributed by atoms with Gasteiger partial charge in [-0.15, -0.1) is 0 Å². The fourth-order valence-electron chi connectivity index (χ4n) is 5.94. The van der Waals surface area contributed by atoms with E-state index in [4.69, 9.17) is 26.3 Å². The largest absolute Gasteiger partial charge is 0.507 e. The molecule has 0 unspecified atom stereocenters. The third kappa shape index (κ3) is 8.46. The fourth-order valence-corrected chi connectivity index (χ4v) is 6.18. The van der Waals surface area contributed by atoms with Crippen LogP contribution in [0.3, 0.4) is 0 Å². The number of alkyl carbamates (subject to hydrolysis) is 1. The van der Waals surface area contributed by atoms with Crippen molar-refractivity contribution >= 4 is 45.3 Å². The number of halogens is 1. The highest BCUT2D eigenvalue weighted by atomic mass is 35.5. The molecule has 1 aliphatic heterocycles. The van der Waals surface area contributed by atoms with Gasteiger partial charge in [-0.2, -0.15) is 0 Å². The van der Waals surface area contributed by atoms with Crippen molar-refractivity contribution in [1.82, 2.24) is 25.3 Å². The van der Waals surface area contributed by atoms with Crippen LogP contribution in [0.25, 0.3) is 44.6 Å². The highest BCUT2D eigenvalue weighted by Crippen LogP contribution is 2.33. The summed E-state index contributed by atoms with van der Waals surface area (Å²) >= 11 is 6.18. The Hall–Kier alpha value is -5.48. The van der Waals surface area contributed by atoms with Crippen LogP contribution in [0.4, 0.5) is 10.6 Å². The van der Waals surface area contributed by atoms with Gasteiger partial charge in [0.25, 0.3) is 0 Å². The number of phenolic OH excluding ortho intramolecular Hbond substituents is 2. The molecule has 10 nitrogen and oxygen atoms in total. The second-order valence-electron chi connectivity index (χ2n) is 13.7. The Bertz CT molecular complexity index is 2210. The van der Waals surface area contributed by atoms with Crippen LogP contribution in [0.5, 0.6) is 11.5 Å². The van der Waals surface area contributed by atoms with E-state index < -0.39 is 5.60 Å². The second-order valence-corrected chi connectivity index (χ2v) is 14.0. The predicted octanol–water partition coefficient (Wildman–Crippen LogP) is 8.77. The molecule has 0 saturated carbocycles. The quantitative estimate of drug-likeness (QED) is 0.154. The van der Waals surface area contributed by atoms with Crippen molar-refractivity contribution in [3.8, 4) is 34.3 Å². The van der Waals surface area contributed by atoms with Gasteiger partial charge in [-0.25, -0.2) is 24.7 Å². The number of aromatic hydroxyl groups is 2. The van der Waals surface area contributed by atoms with Crippen molar-refractivity contribution in [2.75, 3.05) is 18.0 Å². The first-order valence-corrected chi connectivity index (χ1v) is 17.3. The molecule has 2 aromatic heterocycles. The minimum atomic E-state index is -0.512. The van der Waals surface area contributed by atoms with Gasteiger partial charge in [-0.1, -0.05) is 48.0 Å². The lowest BCUT2D eigenvalue weighted by molar-refractivity contribution is 0.0497. The van der Waals surface area contributed by atoms with Crippen LogP contribution in [-0.4, -0.2) is 61.0 Å². The lowest BCUT2D eigenvalue weighted by atomic mass is 10.0. The van der Waals surface area contributed by atoms with E-state index in [2.05, 4.69) is 32.3 Å². The maximum atomic E-state index is 12.1. The van der Waals surface area contributed by atoms with Crippen LogP contribution in [0.15, 0.2) is 84.9 Å². The lowest BCUT2D eigenvalue weighted by Gasteiger charge is -2.34. The van der Waals surface area contributed by atoms with Gasteiger partial charge in [0.05, 0.1) is 22.2 Å². The molecule has 1 amide bonds. The topological polar surface area (TPSA) is 134 Å². The number of rotatable bonds is 4. The third-order valence-electron chi connectivity index (χ3n) is 8.44. The van der Waals surface area contributed by atoms with Gasteiger partial charge in [0.15, 0.2) is 11.6 Å². The smallest absolute Gasteiger partial charge is 0.407 e. The second kappa shape index (κ2) is 14.8. The summed E-state index contributed by atoms with van der Waals surface area (Å²) in [5, 5.41) is 25.4. The van der Waals surface area contributed by atoms with E-state index in [1.165, 1.54) is 0 Å². The molecule has 0 bridgehead atoms. The summed E-state index contributed by atoms with van der Waals surface area (Å²) in [6, 6.07) is 26.1. The molecule has 0 aliphatic carbocycles. The van der Waals surface area contributed by atoms with Gasteiger partial charge in [0, 0.05) is 29.9 Å². The summed E-state index contributed by atoms with van der Waals surface area (Å²) < 4.78 is 5.39. The molecule has 3 heterocycles. The van der Waals surface area contributed by atoms with Crippen LogP contribution < -0.4 is 10.2 Å². The molecule has 0 radical (unpaired) electrons. The fraction of sp³-hybridized carbons (Fsp3) is 0.275. The molecule has 7 rings (SSSR count).